The van der Waals surface area contributed by atoms with E-state index in [9.17, 15) is 19.7 Å². The highest BCUT2D eigenvalue weighted by Gasteiger charge is 2.46. The van der Waals surface area contributed by atoms with E-state index in [0.29, 0.717) is 40.2 Å². The predicted molar refractivity (Wildman–Crippen MR) is 124 cm³/mol. The molecule has 2 aliphatic rings. The van der Waals surface area contributed by atoms with Gasteiger partial charge in [0.2, 0.25) is 0 Å². The molecule has 8 nitrogen and oxygen atoms in total. The van der Waals surface area contributed by atoms with Gasteiger partial charge in [-0.1, -0.05) is 30.3 Å². The standard InChI is InChI=1S/C25H23N3O5/c1-3-33-25(30)21-14(2)27-20-13-16(12-15-8-10-17(11-9-15)28(31)32)24(29)23(20)22(21)18-6-4-5-7-19(18)26/h4-11,13,22-23H,3,12,26H2,1-2H3. The molecule has 0 spiro atoms. The average molecular weight is 445 g/mol. The summed E-state index contributed by atoms with van der Waals surface area (Å²) in [5.74, 6) is -1.96. The molecule has 0 radical (unpaired) electrons. The van der Waals surface area contributed by atoms with Crippen molar-refractivity contribution in [3.05, 3.63) is 92.7 Å². The van der Waals surface area contributed by atoms with Crippen molar-refractivity contribution in [2.45, 2.75) is 26.2 Å². The van der Waals surface area contributed by atoms with Gasteiger partial charge in [-0.05, 0) is 37.1 Å². The number of hydrogen-bond donors (Lipinski definition) is 1. The number of Topliss-reactive ketones (excluding diaryl/α,β-unsaturated/α-hetero) is 1. The van der Waals surface area contributed by atoms with Crippen LogP contribution in [0.15, 0.2) is 76.4 Å². The zero-order valence-corrected chi connectivity index (χ0v) is 18.3. The molecule has 2 atom stereocenters. The second kappa shape index (κ2) is 8.82. The van der Waals surface area contributed by atoms with E-state index in [1.807, 2.05) is 12.1 Å². The molecule has 0 fully saturated rings. The second-order valence-electron chi connectivity index (χ2n) is 7.97. The lowest BCUT2D eigenvalue weighted by Crippen LogP contribution is -2.33. The van der Waals surface area contributed by atoms with Gasteiger partial charge in [-0.3, -0.25) is 19.9 Å². The minimum Gasteiger partial charge on any atom is -0.463 e. The summed E-state index contributed by atoms with van der Waals surface area (Å²) >= 11 is 0. The molecule has 1 aliphatic heterocycles. The smallest absolute Gasteiger partial charge is 0.336 e. The van der Waals surface area contributed by atoms with Crippen LogP contribution in [0.2, 0.25) is 0 Å². The number of nitrogen functional groups attached to an aromatic ring is 1. The Bertz CT molecular complexity index is 1240. The number of para-hydroxylation sites is 1. The molecule has 0 amide bonds. The van der Waals surface area contributed by atoms with E-state index in [4.69, 9.17) is 10.5 Å². The fourth-order valence-electron chi connectivity index (χ4n) is 4.45. The normalized spacial score (nSPS) is 19.6. The average Bonchev–Trinajstić information content (AvgIpc) is 3.08. The number of ether oxygens (including phenoxy) is 1. The van der Waals surface area contributed by atoms with Crippen LogP contribution in [0.5, 0.6) is 0 Å². The van der Waals surface area contributed by atoms with Crippen molar-refractivity contribution in [3.8, 4) is 0 Å². The van der Waals surface area contributed by atoms with Crippen molar-refractivity contribution in [1.82, 2.24) is 0 Å². The van der Waals surface area contributed by atoms with E-state index in [1.165, 1.54) is 12.1 Å². The number of nitro benzene ring substituents is 1. The molecular formula is C25H23N3O5. The second-order valence-corrected chi connectivity index (χ2v) is 7.97. The number of nitrogens with zero attached hydrogens (tertiary/aromatic N) is 2. The number of esters is 1. The number of allylic oxidation sites excluding steroid dienone is 3. The molecule has 4 rings (SSSR count). The van der Waals surface area contributed by atoms with Crippen molar-refractivity contribution >= 4 is 28.8 Å². The van der Waals surface area contributed by atoms with Crippen LogP contribution in [0.1, 0.15) is 30.9 Å². The molecule has 168 valence electrons. The largest absolute Gasteiger partial charge is 0.463 e. The van der Waals surface area contributed by atoms with Gasteiger partial charge in [0.25, 0.3) is 5.69 Å². The van der Waals surface area contributed by atoms with E-state index in [-0.39, 0.29) is 18.1 Å². The summed E-state index contributed by atoms with van der Waals surface area (Å²) in [6.07, 6.45) is 2.06. The van der Waals surface area contributed by atoms with Crippen LogP contribution in [0.4, 0.5) is 11.4 Å². The Morgan fingerprint density at radius 3 is 2.48 bits per heavy atom. The Balaban J connectivity index is 1.74. The van der Waals surface area contributed by atoms with Crippen LogP contribution in [0.25, 0.3) is 0 Å². The van der Waals surface area contributed by atoms with E-state index >= 15 is 0 Å². The molecule has 0 aromatic heterocycles. The summed E-state index contributed by atoms with van der Waals surface area (Å²) in [6.45, 7) is 3.65. The number of rotatable bonds is 6. The molecule has 2 aromatic rings. The van der Waals surface area contributed by atoms with E-state index in [0.717, 1.165) is 5.56 Å². The Hall–Kier alpha value is -4.07. The molecule has 33 heavy (non-hydrogen) atoms. The highest BCUT2D eigenvalue weighted by atomic mass is 16.6. The van der Waals surface area contributed by atoms with Crippen LogP contribution in [0.3, 0.4) is 0 Å². The number of anilines is 1. The summed E-state index contributed by atoms with van der Waals surface area (Å²) in [5, 5.41) is 10.9. The summed E-state index contributed by atoms with van der Waals surface area (Å²) in [5.41, 5.74) is 10.1. The topological polar surface area (TPSA) is 125 Å². The molecule has 2 aromatic carbocycles. The van der Waals surface area contributed by atoms with Crippen LogP contribution in [-0.4, -0.2) is 29.0 Å². The van der Waals surface area contributed by atoms with Crippen LogP contribution < -0.4 is 5.73 Å². The Morgan fingerprint density at radius 1 is 1.15 bits per heavy atom. The first-order valence-corrected chi connectivity index (χ1v) is 10.6. The van der Waals surface area contributed by atoms with E-state index in [1.54, 1.807) is 44.2 Å². The third-order valence-electron chi connectivity index (χ3n) is 5.94. The minimum absolute atomic E-state index is 0.0120. The molecule has 1 heterocycles. The highest BCUT2D eigenvalue weighted by molar-refractivity contribution is 6.26. The number of hydrogen-bond acceptors (Lipinski definition) is 7. The lowest BCUT2D eigenvalue weighted by Gasteiger charge is -2.30. The fourth-order valence-corrected chi connectivity index (χ4v) is 4.45. The molecule has 2 unspecified atom stereocenters. The number of ketones is 1. The number of aliphatic imine (C=N–C) groups is 1. The third kappa shape index (κ3) is 4.07. The zero-order valence-electron chi connectivity index (χ0n) is 18.3. The number of fused-ring (bicyclic) bond motifs is 1. The molecule has 2 N–H and O–H groups in total. The SMILES string of the molecule is CCOC(=O)C1=C(C)N=C2C=C(Cc3ccc([N+](=O)[O-])cc3)C(=O)C2C1c1ccccc1N. The lowest BCUT2D eigenvalue weighted by molar-refractivity contribution is -0.384. The van der Waals surface area contributed by atoms with Gasteiger partial charge < -0.3 is 10.5 Å². The van der Waals surface area contributed by atoms with Crippen molar-refractivity contribution in [2.24, 2.45) is 10.9 Å². The Morgan fingerprint density at radius 2 is 1.85 bits per heavy atom. The van der Waals surface area contributed by atoms with Gasteiger partial charge in [0, 0.05) is 41.4 Å². The zero-order chi connectivity index (χ0) is 23.7. The number of non-ortho nitro benzene ring substituents is 1. The van der Waals surface area contributed by atoms with Crippen molar-refractivity contribution in [2.75, 3.05) is 12.3 Å². The van der Waals surface area contributed by atoms with E-state index < -0.39 is 22.7 Å². The maximum Gasteiger partial charge on any atom is 0.336 e. The first-order valence-electron chi connectivity index (χ1n) is 10.6. The van der Waals surface area contributed by atoms with Crippen molar-refractivity contribution < 1.29 is 19.2 Å². The van der Waals surface area contributed by atoms with Gasteiger partial charge in [-0.25, -0.2) is 4.79 Å². The van der Waals surface area contributed by atoms with Gasteiger partial charge in [0.05, 0.1) is 28.7 Å². The fraction of sp³-hybridized carbons (Fsp3) is 0.240. The molecule has 8 heteroatoms. The van der Waals surface area contributed by atoms with Gasteiger partial charge in [-0.15, -0.1) is 0 Å². The maximum atomic E-state index is 13.6. The van der Waals surface area contributed by atoms with Crippen molar-refractivity contribution in [1.29, 1.82) is 0 Å². The summed E-state index contributed by atoms with van der Waals surface area (Å²) < 4.78 is 5.29. The van der Waals surface area contributed by atoms with E-state index in [2.05, 4.69) is 4.99 Å². The van der Waals surface area contributed by atoms with Crippen LogP contribution >= 0.6 is 0 Å². The quantitative estimate of drug-likeness (QED) is 0.311. The summed E-state index contributed by atoms with van der Waals surface area (Å²) in [7, 11) is 0. The first kappa shape index (κ1) is 22.1. The number of carbonyl (C=O) groups excluding carboxylic acids is 2. The van der Waals surface area contributed by atoms with Crippen LogP contribution in [-0.2, 0) is 20.7 Å². The number of nitro groups is 1. The number of carbonyl (C=O) groups is 2. The number of benzene rings is 2. The molecular weight excluding hydrogens is 422 g/mol. The van der Waals surface area contributed by atoms with Gasteiger partial charge in [-0.2, -0.15) is 0 Å². The Labute approximate surface area is 190 Å². The Kier molecular flexibility index (Phi) is 5.91. The first-order chi connectivity index (χ1) is 15.8. The minimum atomic E-state index is -0.689. The molecule has 0 saturated heterocycles. The molecule has 1 aliphatic carbocycles. The molecule has 0 bridgehead atoms. The van der Waals surface area contributed by atoms with Crippen molar-refractivity contribution in [3.63, 3.8) is 0 Å². The highest BCUT2D eigenvalue weighted by Crippen LogP contribution is 2.45. The maximum absolute atomic E-state index is 13.6. The molecule has 0 saturated carbocycles. The number of nitrogens with two attached hydrogens (primary N) is 1. The third-order valence-corrected chi connectivity index (χ3v) is 5.94. The van der Waals surface area contributed by atoms with Gasteiger partial charge in [0.1, 0.15) is 0 Å². The lowest BCUT2D eigenvalue weighted by atomic mass is 9.74. The summed E-state index contributed by atoms with van der Waals surface area (Å²) in [6, 6.07) is 13.3. The van der Waals surface area contributed by atoms with Crippen LogP contribution in [0, 0.1) is 16.0 Å². The predicted octanol–water partition coefficient (Wildman–Crippen LogP) is 3.92. The van der Waals surface area contributed by atoms with Gasteiger partial charge in [0.15, 0.2) is 5.78 Å². The summed E-state index contributed by atoms with van der Waals surface area (Å²) in [4.78, 5) is 41.5. The monoisotopic (exact) mass is 445 g/mol. The van der Waals surface area contributed by atoms with Gasteiger partial charge >= 0.3 is 5.97 Å².